The van der Waals surface area contributed by atoms with Crippen molar-refractivity contribution in [3.05, 3.63) is 36.7 Å². The highest BCUT2D eigenvalue weighted by Gasteiger charge is 2.11. The monoisotopic (exact) mass is 237 g/mol. The third-order valence-electron chi connectivity index (χ3n) is 2.21. The first-order valence-electron chi connectivity index (χ1n) is 4.87. The van der Waals surface area contributed by atoms with Crippen LogP contribution in [0, 0.1) is 0 Å². The van der Waals surface area contributed by atoms with Crippen molar-refractivity contribution in [2.75, 3.05) is 5.75 Å². The predicted molar refractivity (Wildman–Crippen MR) is 61.8 cm³/mol. The Morgan fingerprint density at radius 3 is 2.88 bits per heavy atom. The first-order chi connectivity index (χ1) is 7.62. The summed E-state index contributed by atoms with van der Waals surface area (Å²) in [5.74, 6) is 0.302. The maximum Gasteiger partial charge on any atom is 0.308 e. The van der Waals surface area contributed by atoms with Crippen LogP contribution in [0.2, 0.25) is 0 Å². The molecule has 1 aromatic carbocycles. The second kappa shape index (κ2) is 4.09. The summed E-state index contributed by atoms with van der Waals surface area (Å²) >= 11 is 0. The molecule has 2 aromatic rings. The zero-order chi connectivity index (χ0) is 11.6. The van der Waals surface area contributed by atoms with Gasteiger partial charge in [-0.05, 0) is 19.1 Å². The van der Waals surface area contributed by atoms with E-state index in [9.17, 15) is 8.42 Å². The summed E-state index contributed by atoms with van der Waals surface area (Å²) in [4.78, 5) is 3.97. The van der Waals surface area contributed by atoms with Gasteiger partial charge in [-0.25, -0.2) is 0 Å². The molecule has 5 heteroatoms. The summed E-state index contributed by atoms with van der Waals surface area (Å²) in [6.07, 6.45) is 3.27. The molecule has 0 fully saturated rings. The number of hydrogen-bond donors (Lipinski definition) is 0. The molecule has 0 aliphatic rings. The Kier molecular flexibility index (Phi) is 2.78. The van der Waals surface area contributed by atoms with Crippen molar-refractivity contribution in [3.8, 4) is 5.75 Å². The molecule has 84 valence electrons. The van der Waals surface area contributed by atoms with Crippen LogP contribution in [0.5, 0.6) is 5.75 Å². The van der Waals surface area contributed by atoms with Gasteiger partial charge in [0.1, 0.15) is 0 Å². The van der Waals surface area contributed by atoms with Gasteiger partial charge in [-0.15, -0.1) is 0 Å². The van der Waals surface area contributed by atoms with Crippen molar-refractivity contribution in [1.82, 2.24) is 4.98 Å². The van der Waals surface area contributed by atoms with Crippen LogP contribution in [0.3, 0.4) is 0 Å². The standard InChI is InChI=1S/C11H11NO3S/c1-2-16(13,14)15-11-5-3-4-9-8-12-7-6-10(9)11/h3-8H,2H2,1H3. The highest BCUT2D eigenvalue weighted by molar-refractivity contribution is 7.87. The van der Waals surface area contributed by atoms with E-state index in [-0.39, 0.29) is 5.75 Å². The van der Waals surface area contributed by atoms with Crippen molar-refractivity contribution in [1.29, 1.82) is 0 Å². The molecule has 0 saturated carbocycles. The van der Waals surface area contributed by atoms with Crippen LogP contribution in [-0.2, 0) is 10.1 Å². The van der Waals surface area contributed by atoms with Gasteiger partial charge in [0.2, 0.25) is 0 Å². The fourth-order valence-electron chi connectivity index (χ4n) is 1.36. The zero-order valence-electron chi connectivity index (χ0n) is 8.75. The lowest BCUT2D eigenvalue weighted by molar-refractivity contribution is 0.490. The van der Waals surface area contributed by atoms with Gasteiger partial charge in [0.25, 0.3) is 0 Å². The van der Waals surface area contributed by atoms with E-state index in [1.807, 2.05) is 6.07 Å². The van der Waals surface area contributed by atoms with Crippen molar-refractivity contribution < 1.29 is 12.6 Å². The fourth-order valence-corrected chi connectivity index (χ4v) is 1.90. The maximum atomic E-state index is 11.4. The second-order valence-corrected chi connectivity index (χ2v) is 5.14. The summed E-state index contributed by atoms with van der Waals surface area (Å²) in [6.45, 7) is 1.54. The summed E-state index contributed by atoms with van der Waals surface area (Å²) in [5, 5.41) is 1.60. The largest absolute Gasteiger partial charge is 0.382 e. The van der Waals surface area contributed by atoms with E-state index in [0.717, 1.165) is 10.8 Å². The molecule has 1 heterocycles. The summed E-state index contributed by atoms with van der Waals surface area (Å²) in [5.41, 5.74) is 0. The summed E-state index contributed by atoms with van der Waals surface area (Å²) in [6, 6.07) is 6.96. The average molecular weight is 237 g/mol. The Hall–Kier alpha value is -1.62. The number of pyridine rings is 1. The molecule has 0 aliphatic heterocycles. The molecule has 16 heavy (non-hydrogen) atoms. The molecule has 0 bridgehead atoms. The van der Waals surface area contributed by atoms with Gasteiger partial charge in [-0.1, -0.05) is 12.1 Å². The molecule has 0 radical (unpaired) electrons. The Labute approximate surface area is 94.0 Å². The van der Waals surface area contributed by atoms with Crippen LogP contribution in [0.4, 0.5) is 0 Å². The molecule has 0 aliphatic carbocycles. The SMILES string of the molecule is CCS(=O)(=O)Oc1cccc2cnccc12. The van der Waals surface area contributed by atoms with Crippen LogP contribution in [0.25, 0.3) is 10.8 Å². The molecule has 0 spiro atoms. The van der Waals surface area contributed by atoms with Crippen LogP contribution in [0.1, 0.15) is 6.92 Å². The molecule has 4 nitrogen and oxygen atoms in total. The van der Waals surface area contributed by atoms with E-state index < -0.39 is 10.1 Å². The molecule has 0 N–H and O–H groups in total. The van der Waals surface area contributed by atoms with Gasteiger partial charge in [-0.2, -0.15) is 8.42 Å². The van der Waals surface area contributed by atoms with Crippen molar-refractivity contribution in [3.63, 3.8) is 0 Å². The van der Waals surface area contributed by atoms with Crippen molar-refractivity contribution in [2.24, 2.45) is 0 Å². The number of fused-ring (bicyclic) bond motifs is 1. The number of hydrogen-bond acceptors (Lipinski definition) is 4. The van der Waals surface area contributed by atoms with E-state index in [1.54, 1.807) is 37.5 Å². The third-order valence-corrected chi connectivity index (χ3v) is 3.35. The Balaban J connectivity index is 2.53. The van der Waals surface area contributed by atoms with Gasteiger partial charge in [0, 0.05) is 23.2 Å². The fraction of sp³-hybridized carbons (Fsp3) is 0.182. The maximum absolute atomic E-state index is 11.4. The van der Waals surface area contributed by atoms with Crippen molar-refractivity contribution in [2.45, 2.75) is 6.92 Å². The number of rotatable bonds is 3. The predicted octanol–water partition coefficient (Wildman–Crippen LogP) is 1.96. The lowest BCUT2D eigenvalue weighted by atomic mass is 10.2. The highest BCUT2D eigenvalue weighted by Crippen LogP contribution is 2.25. The normalized spacial score (nSPS) is 11.6. The smallest absolute Gasteiger partial charge is 0.308 e. The zero-order valence-corrected chi connectivity index (χ0v) is 9.57. The minimum atomic E-state index is -3.48. The minimum Gasteiger partial charge on any atom is -0.382 e. The van der Waals surface area contributed by atoms with Crippen LogP contribution in [-0.4, -0.2) is 19.2 Å². The van der Waals surface area contributed by atoms with Gasteiger partial charge in [0.15, 0.2) is 5.75 Å². The molecule has 0 amide bonds. The van der Waals surface area contributed by atoms with E-state index in [0.29, 0.717) is 5.75 Å². The van der Waals surface area contributed by atoms with Crippen LogP contribution in [0.15, 0.2) is 36.7 Å². The van der Waals surface area contributed by atoms with E-state index in [2.05, 4.69) is 4.98 Å². The Morgan fingerprint density at radius 2 is 2.12 bits per heavy atom. The first-order valence-corrected chi connectivity index (χ1v) is 6.45. The minimum absolute atomic E-state index is 0.0472. The van der Waals surface area contributed by atoms with Gasteiger partial charge < -0.3 is 4.18 Å². The van der Waals surface area contributed by atoms with Gasteiger partial charge >= 0.3 is 10.1 Å². The van der Waals surface area contributed by atoms with Crippen LogP contribution >= 0.6 is 0 Å². The van der Waals surface area contributed by atoms with E-state index in [4.69, 9.17) is 4.18 Å². The van der Waals surface area contributed by atoms with Gasteiger partial charge in [0.05, 0.1) is 5.75 Å². The average Bonchev–Trinajstić information content (AvgIpc) is 2.29. The Morgan fingerprint density at radius 1 is 1.31 bits per heavy atom. The molecule has 0 unspecified atom stereocenters. The third kappa shape index (κ3) is 2.14. The molecule has 0 saturated heterocycles. The summed E-state index contributed by atoms with van der Waals surface area (Å²) in [7, 11) is -3.48. The first kappa shape index (κ1) is 10.9. The van der Waals surface area contributed by atoms with Crippen LogP contribution < -0.4 is 4.18 Å². The quantitative estimate of drug-likeness (QED) is 0.766. The van der Waals surface area contributed by atoms with Crippen molar-refractivity contribution >= 4 is 20.9 Å². The highest BCUT2D eigenvalue weighted by atomic mass is 32.2. The lowest BCUT2D eigenvalue weighted by Gasteiger charge is -2.07. The lowest BCUT2D eigenvalue weighted by Crippen LogP contribution is -2.11. The number of aromatic nitrogens is 1. The van der Waals surface area contributed by atoms with Gasteiger partial charge in [-0.3, -0.25) is 4.98 Å². The van der Waals surface area contributed by atoms with E-state index >= 15 is 0 Å². The molecular weight excluding hydrogens is 226 g/mol. The van der Waals surface area contributed by atoms with E-state index in [1.165, 1.54) is 0 Å². The topological polar surface area (TPSA) is 56.3 Å². The molecule has 1 aromatic heterocycles. The molecule has 0 atom stereocenters. The molecular formula is C11H11NO3S. The second-order valence-electron chi connectivity index (χ2n) is 3.28. The molecule has 2 rings (SSSR count). The number of nitrogens with zero attached hydrogens (tertiary/aromatic N) is 1. The number of benzene rings is 1. The summed E-state index contributed by atoms with van der Waals surface area (Å²) < 4.78 is 27.8. The Bertz CT molecular complexity index is 602.